The summed E-state index contributed by atoms with van der Waals surface area (Å²) in [5.74, 6) is 0.426. The van der Waals surface area contributed by atoms with Crippen LogP contribution in [0.3, 0.4) is 0 Å². The number of rotatable bonds is 4. The number of thiophene rings is 1. The van der Waals surface area contributed by atoms with Gasteiger partial charge < -0.3 is 5.32 Å². The molecule has 4 aromatic rings. The molecule has 0 spiro atoms. The third kappa shape index (κ3) is 2.85. The van der Waals surface area contributed by atoms with Crippen molar-refractivity contribution in [3.63, 3.8) is 0 Å². The van der Waals surface area contributed by atoms with Crippen molar-refractivity contribution in [1.82, 2.24) is 19.7 Å². The zero-order valence-electron chi connectivity index (χ0n) is 12.4. The average molecular weight is 402 g/mol. The minimum Gasteiger partial charge on any atom is -0.351 e. The number of para-hydroxylation sites is 1. The van der Waals surface area contributed by atoms with Crippen LogP contribution in [0.15, 0.2) is 57.2 Å². The fraction of sp³-hybridized carbons (Fsp3) is 0.0625. The Labute approximate surface area is 149 Å². The van der Waals surface area contributed by atoms with Crippen LogP contribution in [0, 0.1) is 0 Å². The third-order valence-corrected chi connectivity index (χ3v) is 5.12. The molecule has 0 aliphatic heterocycles. The number of aromatic nitrogens is 4. The maximum absolute atomic E-state index is 12.3. The molecule has 4 rings (SSSR count). The highest BCUT2D eigenvalue weighted by Gasteiger charge is 2.11. The van der Waals surface area contributed by atoms with E-state index in [1.54, 1.807) is 16.0 Å². The first-order valence-electron chi connectivity index (χ1n) is 7.22. The van der Waals surface area contributed by atoms with Gasteiger partial charge in [0.2, 0.25) is 5.95 Å². The number of halogens is 1. The Morgan fingerprint density at radius 1 is 1.21 bits per heavy atom. The lowest BCUT2D eigenvalue weighted by Crippen LogP contribution is -2.13. The van der Waals surface area contributed by atoms with Crippen molar-refractivity contribution in [1.29, 1.82) is 0 Å². The van der Waals surface area contributed by atoms with Gasteiger partial charge in [0, 0.05) is 4.88 Å². The number of nitrogens with one attached hydrogen (secondary N) is 2. The Hall–Kier alpha value is -2.45. The number of nitrogens with zero attached hydrogens (tertiary/aromatic N) is 3. The first-order chi connectivity index (χ1) is 11.7. The predicted molar refractivity (Wildman–Crippen MR) is 98.8 cm³/mol. The van der Waals surface area contributed by atoms with Gasteiger partial charge in [-0.2, -0.15) is 10.1 Å². The van der Waals surface area contributed by atoms with E-state index in [2.05, 4.69) is 36.3 Å². The number of aromatic amines is 1. The van der Waals surface area contributed by atoms with Gasteiger partial charge in [-0.05, 0) is 40.2 Å². The van der Waals surface area contributed by atoms with E-state index >= 15 is 0 Å². The van der Waals surface area contributed by atoms with Gasteiger partial charge in [-0.1, -0.05) is 18.2 Å². The van der Waals surface area contributed by atoms with E-state index in [0.717, 1.165) is 14.4 Å². The first-order valence-corrected chi connectivity index (χ1v) is 8.83. The fourth-order valence-corrected chi connectivity index (χ4v) is 3.80. The topological polar surface area (TPSA) is 75.6 Å². The molecule has 0 aliphatic rings. The van der Waals surface area contributed by atoms with Crippen LogP contribution in [-0.2, 0) is 6.54 Å². The van der Waals surface area contributed by atoms with Gasteiger partial charge in [0.15, 0.2) is 5.65 Å². The minimum absolute atomic E-state index is 0.211. The predicted octanol–water partition coefficient (Wildman–Crippen LogP) is 3.54. The molecular weight excluding hydrogens is 390 g/mol. The van der Waals surface area contributed by atoms with E-state index in [-0.39, 0.29) is 5.56 Å². The van der Waals surface area contributed by atoms with Crippen LogP contribution in [0.5, 0.6) is 0 Å². The van der Waals surface area contributed by atoms with Crippen LogP contribution in [0.1, 0.15) is 4.88 Å². The summed E-state index contributed by atoms with van der Waals surface area (Å²) in [6, 6.07) is 13.6. The molecule has 0 aliphatic carbocycles. The maximum Gasteiger partial charge on any atom is 0.263 e. The average Bonchev–Trinajstić information content (AvgIpc) is 3.20. The van der Waals surface area contributed by atoms with Crippen LogP contribution >= 0.6 is 27.3 Å². The molecule has 0 radical (unpaired) electrons. The van der Waals surface area contributed by atoms with Crippen molar-refractivity contribution in [3.05, 3.63) is 67.7 Å². The number of anilines is 1. The molecule has 3 aromatic heterocycles. The Morgan fingerprint density at radius 3 is 2.79 bits per heavy atom. The van der Waals surface area contributed by atoms with Crippen LogP contribution in [0.4, 0.5) is 5.95 Å². The molecule has 6 nitrogen and oxygen atoms in total. The normalized spacial score (nSPS) is 11.0. The van der Waals surface area contributed by atoms with Gasteiger partial charge in [-0.25, -0.2) is 4.68 Å². The van der Waals surface area contributed by atoms with Crippen molar-refractivity contribution in [2.45, 2.75) is 6.54 Å². The minimum atomic E-state index is -0.211. The van der Waals surface area contributed by atoms with Gasteiger partial charge in [0.25, 0.3) is 5.56 Å². The zero-order valence-corrected chi connectivity index (χ0v) is 14.8. The van der Waals surface area contributed by atoms with E-state index < -0.39 is 0 Å². The summed E-state index contributed by atoms with van der Waals surface area (Å²) in [5.41, 5.74) is 1.18. The Balaban J connectivity index is 1.71. The third-order valence-electron chi connectivity index (χ3n) is 3.50. The fourth-order valence-electron chi connectivity index (χ4n) is 2.38. The second kappa shape index (κ2) is 6.21. The highest BCUT2D eigenvalue weighted by molar-refractivity contribution is 9.11. The molecule has 0 saturated heterocycles. The second-order valence-corrected chi connectivity index (χ2v) is 7.65. The van der Waals surface area contributed by atoms with Crippen LogP contribution < -0.4 is 10.9 Å². The summed E-state index contributed by atoms with van der Waals surface area (Å²) in [5, 5.41) is 7.91. The van der Waals surface area contributed by atoms with Gasteiger partial charge >= 0.3 is 0 Å². The first kappa shape index (κ1) is 15.1. The quantitative estimate of drug-likeness (QED) is 0.548. The lowest BCUT2D eigenvalue weighted by atomic mass is 10.3. The lowest BCUT2D eigenvalue weighted by molar-refractivity contribution is 0.894. The molecule has 120 valence electrons. The number of hydrogen-bond donors (Lipinski definition) is 2. The molecule has 8 heteroatoms. The standard InChI is InChI=1S/C16H12BrN5OS/c17-13-7-6-11(24-13)8-18-16-20-14-12(15(23)21-16)9-19-22(14)10-4-2-1-3-5-10/h1-7,9H,8H2,(H2,18,20,21,23). The number of fused-ring (bicyclic) bond motifs is 1. The molecule has 0 amide bonds. The molecule has 3 heterocycles. The summed E-state index contributed by atoms with van der Waals surface area (Å²) >= 11 is 5.07. The lowest BCUT2D eigenvalue weighted by Gasteiger charge is -2.06. The zero-order chi connectivity index (χ0) is 16.5. The summed E-state index contributed by atoms with van der Waals surface area (Å²) in [6.07, 6.45) is 1.54. The van der Waals surface area contributed by atoms with Gasteiger partial charge in [0.05, 0.1) is 22.2 Å². The monoisotopic (exact) mass is 401 g/mol. The molecule has 0 bridgehead atoms. The SMILES string of the molecule is O=c1[nH]c(NCc2ccc(Br)s2)nc2c1cnn2-c1ccccc1. The van der Waals surface area contributed by atoms with Crippen LogP contribution in [0.25, 0.3) is 16.7 Å². The van der Waals surface area contributed by atoms with E-state index in [1.165, 1.54) is 6.20 Å². The molecule has 0 fully saturated rings. The summed E-state index contributed by atoms with van der Waals surface area (Å²) in [7, 11) is 0. The molecule has 2 N–H and O–H groups in total. The molecular formula is C16H12BrN5OS. The molecule has 0 saturated carbocycles. The Morgan fingerprint density at radius 2 is 2.04 bits per heavy atom. The number of benzene rings is 1. The van der Waals surface area contributed by atoms with E-state index in [0.29, 0.717) is 23.5 Å². The number of hydrogen-bond acceptors (Lipinski definition) is 5. The molecule has 0 unspecified atom stereocenters. The summed E-state index contributed by atoms with van der Waals surface area (Å²) < 4.78 is 2.73. The highest BCUT2D eigenvalue weighted by atomic mass is 79.9. The van der Waals surface area contributed by atoms with Crippen LogP contribution in [-0.4, -0.2) is 19.7 Å². The molecule has 0 atom stereocenters. The smallest absolute Gasteiger partial charge is 0.263 e. The maximum atomic E-state index is 12.3. The van der Waals surface area contributed by atoms with Crippen molar-refractivity contribution in [2.75, 3.05) is 5.32 Å². The summed E-state index contributed by atoms with van der Waals surface area (Å²) in [4.78, 5) is 20.7. The largest absolute Gasteiger partial charge is 0.351 e. The number of H-pyrrole nitrogens is 1. The van der Waals surface area contributed by atoms with E-state index in [1.807, 2.05) is 42.5 Å². The van der Waals surface area contributed by atoms with Gasteiger partial charge in [-0.15, -0.1) is 11.3 Å². The second-order valence-electron chi connectivity index (χ2n) is 5.10. The van der Waals surface area contributed by atoms with Crippen LogP contribution in [0.2, 0.25) is 0 Å². The van der Waals surface area contributed by atoms with Crippen molar-refractivity contribution < 1.29 is 0 Å². The van der Waals surface area contributed by atoms with Gasteiger partial charge in [-0.3, -0.25) is 9.78 Å². The summed E-state index contributed by atoms with van der Waals surface area (Å²) in [6.45, 7) is 0.587. The van der Waals surface area contributed by atoms with Crippen molar-refractivity contribution in [2.24, 2.45) is 0 Å². The molecule has 24 heavy (non-hydrogen) atoms. The Kier molecular flexibility index (Phi) is 3.91. The Bertz CT molecular complexity index is 1050. The van der Waals surface area contributed by atoms with E-state index in [4.69, 9.17) is 0 Å². The van der Waals surface area contributed by atoms with Crippen molar-refractivity contribution in [3.8, 4) is 5.69 Å². The van der Waals surface area contributed by atoms with Gasteiger partial charge in [0.1, 0.15) is 5.39 Å². The van der Waals surface area contributed by atoms with Crippen molar-refractivity contribution >= 4 is 44.2 Å². The van der Waals surface area contributed by atoms with E-state index in [9.17, 15) is 4.79 Å². The highest BCUT2D eigenvalue weighted by Crippen LogP contribution is 2.22. The molecule has 1 aromatic carbocycles.